The Morgan fingerprint density at radius 2 is 2.00 bits per heavy atom. The maximum atomic E-state index is 5.93. The van der Waals surface area contributed by atoms with Gasteiger partial charge in [-0.3, -0.25) is 0 Å². The third-order valence-corrected chi connectivity index (χ3v) is 3.09. The van der Waals surface area contributed by atoms with Gasteiger partial charge in [-0.2, -0.15) is 4.98 Å². The minimum absolute atomic E-state index is 0.558. The first-order chi connectivity index (χ1) is 9.20. The molecule has 0 unspecified atom stereocenters. The summed E-state index contributed by atoms with van der Waals surface area (Å²) in [6.07, 6.45) is 1.72. The van der Waals surface area contributed by atoms with Gasteiger partial charge in [0.25, 0.3) is 0 Å². The molecule has 3 rings (SSSR count). The fourth-order valence-corrected chi connectivity index (χ4v) is 2.13. The lowest BCUT2D eigenvalue weighted by atomic mass is 10.2. The van der Waals surface area contributed by atoms with Crippen LogP contribution in [0.5, 0.6) is 0 Å². The quantitative estimate of drug-likeness (QED) is 0.801. The molecule has 4 nitrogen and oxygen atoms in total. The van der Waals surface area contributed by atoms with E-state index in [1.54, 1.807) is 16.8 Å². The van der Waals surface area contributed by atoms with E-state index in [-0.39, 0.29) is 0 Å². The number of hydrogen-bond acceptors (Lipinski definition) is 3. The van der Waals surface area contributed by atoms with E-state index in [2.05, 4.69) is 15.4 Å². The van der Waals surface area contributed by atoms with Crippen LogP contribution in [0.4, 0.5) is 5.95 Å². The van der Waals surface area contributed by atoms with E-state index in [9.17, 15) is 0 Å². The molecule has 1 aromatic carbocycles. The van der Waals surface area contributed by atoms with Gasteiger partial charge in [-0.25, -0.2) is 4.52 Å². The van der Waals surface area contributed by atoms with Crippen molar-refractivity contribution in [1.29, 1.82) is 0 Å². The molecule has 0 saturated heterocycles. The summed E-state index contributed by atoms with van der Waals surface area (Å²) in [5, 5.41) is 8.78. The number of halogens is 2. The number of nitrogens with zero attached hydrogens (tertiary/aromatic N) is 3. The van der Waals surface area contributed by atoms with Crippen molar-refractivity contribution in [3.8, 4) is 0 Å². The molecule has 0 radical (unpaired) electrons. The number of anilines is 1. The van der Waals surface area contributed by atoms with Gasteiger partial charge in [0.1, 0.15) is 0 Å². The molecule has 1 N–H and O–H groups in total. The smallest absolute Gasteiger partial charge is 0.243 e. The van der Waals surface area contributed by atoms with E-state index in [0.29, 0.717) is 22.5 Å². The fraction of sp³-hybridized carbons (Fsp3) is 0.0769. The van der Waals surface area contributed by atoms with Crippen LogP contribution in [0.1, 0.15) is 5.56 Å². The first-order valence-electron chi connectivity index (χ1n) is 5.71. The predicted octanol–water partition coefficient (Wildman–Crippen LogP) is 3.65. The second kappa shape index (κ2) is 5.07. The van der Waals surface area contributed by atoms with Gasteiger partial charge >= 0.3 is 0 Å². The molecular formula is C13H10Cl2N4. The lowest BCUT2D eigenvalue weighted by molar-refractivity contribution is 0.950. The van der Waals surface area contributed by atoms with Crippen LogP contribution < -0.4 is 5.32 Å². The molecule has 2 heterocycles. The lowest BCUT2D eigenvalue weighted by Crippen LogP contribution is -2.01. The van der Waals surface area contributed by atoms with Crippen molar-refractivity contribution in [2.24, 2.45) is 0 Å². The zero-order chi connectivity index (χ0) is 13.2. The average molecular weight is 293 g/mol. The summed E-state index contributed by atoms with van der Waals surface area (Å²) < 4.78 is 1.64. The Labute approximate surface area is 120 Å². The first kappa shape index (κ1) is 12.3. The molecule has 3 aromatic rings. The Balaban J connectivity index is 1.78. The Morgan fingerprint density at radius 1 is 1.11 bits per heavy atom. The highest BCUT2D eigenvalue weighted by molar-refractivity contribution is 6.30. The molecule has 96 valence electrons. The van der Waals surface area contributed by atoms with Crippen LogP contribution in [-0.4, -0.2) is 14.6 Å². The molecule has 0 fully saturated rings. The number of pyridine rings is 1. The summed E-state index contributed by atoms with van der Waals surface area (Å²) in [6.45, 7) is 0.616. The van der Waals surface area contributed by atoms with Crippen LogP contribution in [0, 0.1) is 0 Å². The van der Waals surface area contributed by atoms with Gasteiger partial charge < -0.3 is 5.32 Å². The number of aromatic nitrogens is 3. The molecule has 19 heavy (non-hydrogen) atoms. The van der Waals surface area contributed by atoms with Gasteiger partial charge in [-0.15, -0.1) is 5.10 Å². The minimum Gasteiger partial charge on any atom is -0.349 e. The standard InChI is InChI=1S/C13H10Cl2N4/c14-10-3-1-2-9(6-10)7-16-13-17-12-5-4-11(15)8-19(12)18-13/h1-6,8H,7H2,(H,16,18). The molecule has 0 saturated carbocycles. The van der Waals surface area contributed by atoms with Crippen molar-refractivity contribution in [3.63, 3.8) is 0 Å². The van der Waals surface area contributed by atoms with Gasteiger partial charge in [0, 0.05) is 17.8 Å². The van der Waals surface area contributed by atoms with Crippen molar-refractivity contribution in [2.75, 3.05) is 5.32 Å². The largest absolute Gasteiger partial charge is 0.349 e. The Hall–Kier alpha value is -1.78. The summed E-state index contributed by atoms with van der Waals surface area (Å²) in [5.41, 5.74) is 1.82. The summed E-state index contributed by atoms with van der Waals surface area (Å²) >= 11 is 11.8. The van der Waals surface area contributed by atoms with Gasteiger partial charge in [0.2, 0.25) is 5.95 Å². The lowest BCUT2D eigenvalue weighted by Gasteiger charge is -2.01. The van der Waals surface area contributed by atoms with E-state index >= 15 is 0 Å². The summed E-state index contributed by atoms with van der Waals surface area (Å²) in [4.78, 5) is 4.34. The molecular weight excluding hydrogens is 283 g/mol. The second-order valence-electron chi connectivity index (χ2n) is 4.07. The molecule has 2 aromatic heterocycles. The van der Waals surface area contributed by atoms with Crippen LogP contribution >= 0.6 is 23.2 Å². The molecule has 0 atom stereocenters. The van der Waals surface area contributed by atoms with Gasteiger partial charge in [-0.1, -0.05) is 35.3 Å². The van der Waals surface area contributed by atoms with Crippen LogP contribution in [0.25, 0.3) is 5.65 Å². The number of hydrogen-bond donors (Lipinski definition) is 1. The number of rotatable bonds is 3. The highest BCUT2D eigenvalue weighted by Crippen LogP contribution is 2.14. The van der Waals surface area contributed by atoms with Gasteiger partial charge in [-0.05, 0) is 29.8 Å². The molecule has 0 aliphatic rings. The SMILES string of the molecule is Clc1cccc(CNc2nc3ccc(Cl)cn3n2)c1. The molecule has 6 heteroatoms. The number of benzene rings is 1. The van der Waals surface area contributed by atoms with Crippen molar-refractivity contribution in [1.82, 2.24) is 14.6 Å². The summed E-state index contributed by atoms with van der Waals surface area (Å²) in [6, 6.07) is 11.3. The Morgan fingerprint density at radius 3 is 2.84 bits per heavy atom. The van der Waals surface area contributed by atoms with Gasteiger partial charge in [0.05, 0.1) is 5.02 Å². The van der Waals surface area contributed by atoms with E-state index in [4.69, 9.17) is 23.2 Å². The van der Waals surface area contributed by atoms with E-state index in [1.165, 1.54) is 0 Å². The minimum atomic E-state index is 0.558. The van der Waals surface area contributed by atoms with Crippen LogP contribution in [0.3, 0.4) is 0 Å². The third-order valence-electron chi connectivity index (χ3n) is 2.63. The Bertz CT molecular complexity index is 723. The van der Waals surface area contributed by atoms with Crippen molar-refractivity contribution >= 4 is 34.8 Å². The third kappa shape index (κ3) is 2.80. The molecule has 0 aliphatic heterocycles. The summed E-state index contributed by atoms with van der Waals surface area (Å²) in [7, 11) is 0. The zero-order valence-electron chi connectivity index (χ0n) is 9.85. The predicted molar refractivity (Wildman–Crippen MR) is 76.8 cm³/mol. The topological polar surface area (TPSA) is 42.2 Å². The van der Waals surface area contributed by atoms with Crippen molar-refractivity contribution in [2.45, 2.75) is 6.54 Å². The van der Waals surface area contributed by atoms with Crippen LogP contribution in [0.2, 0.25) is 10.0 Å². The van der Waals surface area contributed by atoms with Crippen molar-refractivity contribution in [3.05, 3.63) is 58.2 Å². The van der Waals surface area contributed by atoms with E-state index < -0.39 is 0 Å². The maximum absolute atomic E-state index is 5.93. The molecule has 0 bridgehead atoms. The molecule has 0 spiro atoms. The second-order valence-corrected chi connectivity index (χ2v) is 4.94. The average Bonchev–Trinajstić information content (AvgIpc) is 2.78. The van der Waals surface area contributed by atoms with E-state index in [1.807, 2.05) is 30.3 Å². The summed E-state index contributed by atoms with van der Waals surface area (Å²) in [5.74, 6) is 0.558. The highest BCUT2D eigenvalue weighted by atomic mass is 35.5. The molecule has 0 aliphatic carbocycles. The monoisotopic (exact) mass is 292 g/mol. The van der Waals surface area contributed by atoms with E-state index in [0.717, 1.165) is 11.2 Å². The Kier molecular flexibility index (Phi) is 3.27. The van der Waals surface area contributed by atoms with Crippen LogP contribution in [-0.2, 0) is 6.54 Å². The van der Waals surface area contributed by atoms with Crippen LogP contribution in [0.15, 0.2) is 42.6 Å². The van der Waals surface area contributed by atoms with Crippen molar-refractivity contribution < 1.29 is 0 Å². The fourth-order valence-electron chi connectivity index (χ4n) is 1.76. The zero-order valence-corrected chi connectivity index (χ0v) is 11.4. The molecule has 0 amide bonds. The maximum Gasteiger partial charge on any atom is 0.243 e. The first-order valence-corrected chi connectivity index (χ1v) is 6.46. The number of fused-ring (bicyclic) bond motifs is 1. The normalized spacial score (nSPS) is 10.8. The number of nitrogens with one attached hydrogen (secondary N) is 1. The van der Waals surface area contributed by atoms with Gasteiger partial charge in [0.15, 0.2) is 5.65 Å². The highest BCUT2D eigenvalue weighted by Gasteiger charge is 2.03.